The number of benzene rings is 1. The second-order valence-corrected chi connectivity index (χ2v) is 5.16. The van der Waals surface area contributed by atoms with Gasteiger partial charge in [-0.1, -0.05) is 6.07 Å². The van der Waals surface area contributed by atoms with Gasteiger partial charge in [0.25, 0.3) is 0 Å². The Balaban J connectivity index is 2.62. The fourth-order valence-corrected chi connectivity index (χ4v) is 2.06. The molecule has 2 N–H and O–H groups in total. The van der Waals surface area contributed by atoms with E-state index in [2.05, 4.69) is 31.3 Å². The van der Waals surface area contributed by atoms with Gasteiger partial charge in [0.15, 0.2) is 0 Å². The molecule has 8 heteroatoms. The average Bonchev–Trinajstić information content (AvgIpc) is 2.37. The smallest absolute Gasteiger partial charge is 0.405 e. The van der Waals surface area contributed by atoms with Gasteiger partial charge < -0.3 is 15.4 Å². The largest absolute Gasteiger partial charge is 0.573 e. The van der Waals surface area contributed by atoms with Gasteiger partial charge in [-0.05, 0) is 47.5 Å². The molecule has 1 aromatic rings. The molecular weight excluding hydrogens is 353 g/mol. The molecule has 0 aliphatic carbocycles. The lowest BCUT2D eigenvalue weighted by atomic mass is 10.2. The summed E-state index contributed by atoms with van der Waals surface area (Å²) in [5.41, 5.74) is 0.729. The van der Waals surface area contributed by atoms with Crippen molar-refractivity contribution in [1.29, 1.82) is 0 Å². The summed E-state index contributed by atoms with van der Waals surface area (Å²) in [4.78, 5) is 11.5. The molecule has 0 aliphatic heterocycles. The van der Waals surface area contributed by atoms with Gasteiger partial charge >= 0.3 is 6.36 Å². The van der Waals surface area contributed by atoms with Crippen LogP contribution in [-0.2, 0) is 11.3 Å². The standard InChI is InChI=1S/C13H16BrF3N2O2/c1-3-18-12(20)8(2)19-7-9-4-5-11(10(14)6-9)21-13(15,16)17/h4-6,8,19H,3,7H2,1-2H3,(H,18,20). The van der Waals surface area contributed by atoms with Crippen LogP contribution in [0.25, 0.3) is 0 Å². The van der Waals surface area contributed by atoms with Gasteiger partial charge in [-0.25, -0.2) is 0 Å². The highest BCUT2D eigenvalue weighted by atomic mass is 79.9. The second kappa shape index (κ2) is 7.65. The first-order valence-electron chi connectivity index (χ1n) is 6.28. The Morgan fingerprint density at radius 3 is 2.62 bits per heavy atom. The number of hydrogen-bond acceptors (Lipinski definition) is 3. The van der Waals surface area contributed by atoms with E-state index in [4.69, 9.17) is 0 Å². The highest BCUT2D eigenvalue weighted by Gasteiger charge is 2.31. The molecule has 1 atom stereocenters. The molecule has 0 radical (unpaired) electrons. The first kappa shape index (κ1) is 17.8. The Bertz CT molecular complexity index is 495. The molecule has 0 bridgehead atoms. The van der Waals surface area contributed by atoms with Crippen LogP contribution in [0.3, 0.4) is 0 Å². The van der Waals surface area contributed by atoms with Crippen LogP contribution in [0.5, 0.6) is 5.75 Å². The number of alkyl halides is 3. The van der Waals surface area contributed by atoms with Crippen molar-refractivity contribution in [2.45, 2.75) is 32.8 Å². The normalized spacial score (nSPS) is 12.9. The lowest BCUT2D eigenvalue weighted by Crippen LogP contribution is -2.41. The summed E-state index contributed by atoms with van der Waals surface area (Å²) >= 11 is 3.03. The molecule has 21 heavy (non-hydrogen) atoms. The number of halogens is 4. The third-order valence-electron chi connectivity index (χ3n) is 2.58. The van der Waals surface area contributed by atoms with E-state index in [1.165, 1.54) is 18.2 Å². The number of rotatable bonds is 6. The number of carbonyl (C=O) groups is 1. The van der Waals surface area contributed by atoms with E-state index in [-0.39, 0.29) is 16.1 Å². The minimum absolute atomic E-state index is 0.131. The van der Waals surface area contributed by atoms with Gasteiger partial charge in [-0.3, -0.25) is 4.79 Å². The Hall–Kier alpha value is -1.28. The Morgan fingerprint density at radius 2 is 2.10 bits per heavy atom. The Morgan fingerprint density at radius 1 is 1.43 bits per heavy atom. The van der Waals surface area contributed by atoms with E-state index in [0.717, 1.165) is 5.56 Å². The topological polar surface area (TPSA) is 50.4 Å². The molecular formula is C13H16BrF3N2O2. The third-order valence-corrected chi connectivity index (χ3v) is 3.20. The van der Waals surface area contributed by atoms with Crippen LogP contribution >= 0.6 is 15.9 Å². The minimum Gasteiger partial charge on any atom is -0.405 e. The summed E-state index contributed by atoms with van der Waals surface area (Å²) in [6.07, 6.45) is -4.73. The average molecular weight is 369 g/mol. The summed E-state index contributed by atoms with van der Waals surface area (Å²) in [6.45, 7) is 4.42. The van der Waals surface area contributed by atoms with E-state index in [9.17, 15) is 18.0 Å². The number of nitrogens with one attached hydrogen (secondary N) is 2. The van der Waals surface area contributed by atoms with Gasteiger partial charge in [-0.15, -0.1) is 13.2 Å². The zero-order valence-corrected chi connectivity index (χ0v) is 13.1. The van der Waals surface area contributed by atoms with Crippen molar-refractivity contribution in [2.75, 3.05) is 6.54 Å². The Kier molecular flexibility index (Phi) is 6.47. The van der Waals surface area contributed by atoms with Crippen LogP contribution in [0.15, 0.2) is 22.7 Å². The lowest BCUT2D eigenvalue weighted by molar-refractivity contribution is -0.274. The highest BCUT2D eigenvalue weighted by molar-refractivity contribution is 9.10. The predicted octanol–water partition coefficient (Wildman–Crippen LogP) is 2.96. The van der Waals surface area contributed by atoms with Crippen molar-refractivity contribution in [2.24, 2.45) is 0 Å². The van der Waals surface area contributed by atoms with Crippen LogP contribution in [0.4, 0.5) is 13.2 Å². The highest BCUT2D eigenvalue weighted by Crippen LogP contribution is 2.31. The molecule has 1 aromatic carbocycles. The molecule has 0 heterocycles. The quantitative estimate of drug-likeness (QED) is 0.811. The van der Waals surface area contributed by atoms with E-state index in [1.807, 2.05) is 6.92 Å². The molecule has 0 aliphatic rings. The van der Waals surface area contributed by atoms with E-state index in [1.54, 1.807) is 6.92 Å². The monoisotopic (exact) mass is 368 g/mol. The van der Waals surface area contributed by atoms with Crippen LogP contribution in [0.2, 0.25) is 0 Å². The molecule has 1 unspecified atom stereocenters. The second-order valence-electron chi connectivity index (χ2n) is 4.31. The molecule has 0 saturated carbocycles. The van der Waals surface area contributed by atoms with Gasteiger partial charge in [0.2, 0.25) is 5.91 Å². The third kappa shape index (κ3) is 6.34. The van der Waals surface area contributed by atoms with Gasteiger partial charge in [0.05, 0.1) is 10.5 Å². The summed E-state index contributed by atoms with van der Waals surface area (Å²) in [7, 11) is 0. The van der Waals surface area contributed by atoms with Crippen LogP contribution in [0.1, 0.15) is 19.4 Å². The SMILES string of the molecule is CCNC(=O)C(C)NCc1ccc(OC(F)(F)F)c(Br)c1. The summed E-state index contributed by atoms with van der Waals surface area (Å²) in [6, 6.07) is 3.85. The Labute approximate surface area is 129 Å². The van der Waals surface area contributed by atoms with E-state index < -0.39 is 12.4 Å². The van der Waals surface area contributed by atoms with Crippen molar-refractivity contribution in [3.05, 3.63) is 28.2 Å². The molecule has 0 spiro atoms. The van der Waals surface area contributed by atoms with Gasteiger partial charge in [0.1, 0.15) is 5.75 Å². The molecule has 118 valence electrons. The van der Waals surface area contributed by atoms with Crippen LogP contribution < -0.4 is 15.4 Å². The van der Waals surface area contributed by atoms with Crippen molar-refractivity contribution >= 4 is 21.8 Å². The maximum Gasteiger partial charge on any atom is 0.573 e. The number of hydrogen-bond donors (Lipinski definition) is 2. The first-order valence-corrected chi connectivity index (χ1v) is 7.07. The van der Waals surface area contributed by atoms with Crippen LogP contribution in [0, 0.1) is 0 Å². The van der Waals surface area contributed by atoms with Gasteiger partial charge in [-0.2, -0.15) is 0 Å². The molecule has 0 aromatic heterocycles. The number of carbonyl (C=O) groups excluding carboxylic acids is 1. The number of amides is 1. The van der Waals surface area contributed by atoms with E-state index in [0.29, 0.717) is 13.1 Å². The number of likely N-dealkylation sites (N-methyl/N-ethyl adjacent to an activating group) is 1. The molecule has 1 rings (SSSR count). The maximum atomic E-state index is 12.1. The lowest BCUT2D eigenvalue weighted by Gasteiger charge is -2.14. The van der Waals surface area contributed by atoms with Crippen molar-refractivity contribution in [3.63, 3.8) is 0 Å². The maximum absolute atomic E-state index is 12.1. The van der Waals surface area contributed by atoms with E-state index >= 15 is 0 Å². The molecule has 0 fully saturated rings. The van der Waals surface area contributed by atoms with Crippen molar-refractivity contribution < 1.29 is 22.7 Å². The molecule has 0 saturated heterocycles. The fourth-order valence-electron chi connectivity index (χ4n) is 1.55. The van der Waals surface area contributed by atoms with Crippen molar-refractivity contribution in [1.82, 2.24) is 10.6 Å². The van der Waals surface area contributed by atoms with Crippen molar-refractivity contribution in [3.8, 4) is 5.75 Å². The zero-order valence-electron chi connectivity index (χ0n) is 11.6. The predicted molar refractivity (Wildman–Crippen MR) is 75.8 cm³/mol. The zero-order chi connectivity index (χ0) is 16.0. The first-order chi connectivity index (χ1) is 9.73. The summed E-state index contributed by atoms with van der Waals surface area (Å²) in [5.74, 6) is -0.434. The van der Waals surface area contributed by atoms with Gasteiger partial charge in [0, 0.05) is 13.1 Å². The summed E-state index contributed by atoms with van der Waals surface area (Å²) in [5, 5.41) is 5.65. The number of ether oxygens (including phenoxy) is 1. The molecule has 1 amide bonds. The minimum atomic E-state index is -4.73. The fraction of sp³-hybridized carbons (Fsp3) is 0.462. The van der Waals surface area contributed by atoms with Crippen LogP contribution in [-0.4, -0.2) is 24.9 Å². The summed E-state index contributed by atoms with van der Waals surface area (Å²) < 4.78 is 40.5. The molecule has 4 nitrogen and oxygen atoms in total.